The van der Waals surface area contributed by atoms with Gasteiger partial charge >= 0.3 is 5.97 Å². The summed E-state index contributed by atoms with van der Waals surface area (Å²) in [6.45, 7) is 3.68. The van der Waals surface area contributed by atoms with Crippen molar-refractivity contribution in [3.8, 4) is 11.4 Å². The first-order chi connectivity index (χ1) is 14.5. The maximum absolute atomic E-state index is 11.9. The van der Waals surface area contributed by atoms with Crippen LogP contribution in [0.2, 0.25) is 0 Å². The summed E-state index contributed by atoms with van der Waals surface area (Å²) in [7, 11) is 1.44. The van der Waals surface area contributed by atoms with E-state index >= 15 is 0 Å². The van der Waals surface area contributed by atoms with E-state index in [0.717, 1.165) is 25.7 Å². The predicted octanol–water partition coefficient (Wildman–Crippen LogP) is 4.53. The van der Waals surface area contributed by atoms with Crippen LogP contribution in [-0.4, -0.2) is 33.0 Å². The summed E-state index contributed by atoms with van der Waals surface area (Å²) in [5, 5.41) is 19.1. The first-order valence-corrected chi connectivity index (χ1v) is 10.1. The second-order valence-corrected chi connectivity index (χ2v) is 6.88. The zero-order chi connectivity index (χ0) is 21.8. The highest BCUT2D eigenvalue weighted by Gasteiger charge is 2.18. The molecule has 0 amide bonds. The Labute approximate surface area is 175 Å². The van der Waals surface area contributed by atoms with Crippen LogP contribution in [0.3, 0.4) is 0 Å². The monoisotopic (exact) mass is 416 g/mol. The lowest BCUT2D eigenvalue weighted by atomic mass is 10.1. The van der Waals surface area contributed by atoms with Crippen LogP contribution in [0, 0.1) is 10.1 Å². The van der Waals surface area contributed by atoms with Crippen molar-refractivity contribution in [1.82, 2.24) is 15.0 Å². The Kier molecular flexibility index (Phi) is 9.50. The van der Waals surface area contributed by atoms with Crippen LogP contribution in [-0.2, 0) is 16.1 Å². The Hall–Kier alpha value is -3.23. The molecule has 0 saturated heterocycles. The normalized spacial score (nSPS) is 10.6. The van der Waals surface area contributed by atoms with Gasteiger partial charge in [0.15, 0.2) is 0 Å². The third kappa shape index (κ3) is 7.31. The van der Waals surface area contributed by atoms with Crippen molar-refractivity contribution in [1.29, 1.82) is 0 Å². The third-order valence-electron chi connectivity index (χ3n) is 4.59. The number of nitrogens with zero attached hydrogens (tertiary/aromatic N) is 4. The number of nitro groups is 1. The lowest BCUT2D eigenvalue weighted by Crippen LogP contribution is -2.04. The number of aromatic nitrogens is 3. The molecule has 2 aromatic rings. The highest BCUT2D eigenvalue weighted by molar-refractivity contribution is 5.69. The average molecular weight is 416 g/mol. The second kappa shape index (κ2) is 12.4. The van der Waals surface area contributed by atoms with Crippen molar-refractivity contribution in [2.45, 2.75) is 58.0 Å². The SMILES string of the molecule is C=CCCCCCCCCC(=O)OCc1cn(-c2ccc(OC)cc2[N+](=O)[O-])nn1. The summed E-state index contributed by atoms with van der Waals surface area (Å²) >= 11 is 0. The molecule has 0 unspecified atom stereocenters. The van der Waals surface area contributed by atoms with Gasteiger partial charge in [0, 0.05) is 6.42 Å². The molecule has 1 aromatic carbocycles. The van der Waals surface area contributed by atoms with Gasteiger partial charge in [0.2, 0.25) is 0 Å². The van der Waals surface area contributed by atoms with Crippen molar-refractivity contribution in [3.63, 3.8) is 0 Å². The maximum atomic E-state index is 11.9. The zero-order valence-electron chi connectivity index (χ0n) is 17.3. The molecule has 30 heavy (non-hydrogen) atoms. The molecule has 162 valence electrons. The summed E-state index contributed by atoms with van der Waals surface area (Å²) in [6.07, 6.45) is 11.3. The highest BCUT2D eigenvalue weighted by Crippen LogP contribution is 2.27. The molecule has 1 aromatic heterocycles. The average Bonchev–Trinajstić information content (AvgIpc) is 3.22. The molecular weight excluding hydrogens is 388 g/mol. The fraction of sp³-hybridized carbons (Fsp3) is 0.476. The zero-order valence-corrected chi connectivity index (χ0v) is 17.3. The van der Waals surface area contributed by atoms with Gasteiger partial charge in [-0.2, -0.15) is 0 Å². The third-order valence-corrected chi connectivity index (χ3v) is 4.59. The van der Waals surface area contributed by atoms with Gasteiger partial charge < -0.3 is 9.47 Å². The topological polar surface area (TPSA) is 109 Å². The number of hydrogen-bond donors (Lipinski definition) is 0. The molecule has 0 aliphatic heterocycles. The van der Waals surface area contributed by atoms with Gasteiger partial charge in [0.25, 0.3) is 5.69 Å². The van der Waals surface area contributed by atoms with Gasteiger partial charge in [-0.3, -0.25) is 14.9 Å². The summed E-state index contributed by atoms with van der Waals surface area (Å²) < 4.78 is 11.5. The molecule has 2 rings (SSSR count). The molecule has 0 aliphatic carbocycles. The van der Waals surface area contributed by atoms with Gasteiger partial charge in [-0.1, -0.05) is 37.0 Å². The van der Waals surface area contributed by atoms with Gasteiger partial charge in [0.1, 0.15) is 23.7 Å². The molecule has 9 heteroatoms. The fourth-order valence-electron chi connectivity index (χ4n) is 2.94. The number of carbonyl (C=O) groups excluding carboxylic acids is 1. The second-order valence-electron chi connectivity index (χ2n) is 6.88. The summed E-state index contributed by atoms with van der Waals surface area (Å²) in [5.41, 5.74) is 0.502. The van der Waals surface area contributed by atoms with E-state index in [1.807, 2.05) is 6.08 Å². The minimum absolute atomic E-state index is 0.0235. The Morgan fingerprint density at radius 1 is 1.23 bits per heavy atom. The molecule has 0 atom stereocenters. The van der Waals surface area contributed by atoms with E-state index in [4.69, 9.17) is 9.47 Å². The van der Waals surface area contributed by atoms with Crippen molar-refractivity contribution in [3.05, 3.63) is 52.9 Å². The van der Waals surface area contributed by atoms with Crippen molar-refractivity contribution < 1.29 is 19.2 Å². The number of carbonyl (C=O) groups is 1. The Morgan fingerprint density at radius 3 is 2.67 bits per heavy atom. The van der Waals surface area contributed by atoms with E-state index in [2.05, 4.69) is 16.9 Å². The Morgan fingerprint density at radius 2 is 1.97 bits per heavy atom. The van der Waals surface area contributed by atoms with Crippen LogP contribution >= 0.6 is 0 Å². The number of allylic oxidation sites excluding steroid dienone is 1. The van der Waals surface area contributed by atoms with E-state index < -0.39 is 4.92 Å². The molecule has 0 N–H and O–H groups in total. The van der Waals surface area contributed by atoms with Gasteiger partial charge in [-0.05, 0) is 31.4 Å². The number of hydrogen-bond acceptors (Lipinski definition) is 7. The minimum atomic E-state index is -0.515. The summed E-state index contributed by atoms with van der Waals surface area (Å²) in [5.74, 6) is 0.0862. The van der Waals surface area contributed by atoms with Crippen LogP contribution in [0.4, 0.5) is 5.69 Å². The standard InChI is InChI=1S/C21H28N4O5/c1-3-4-5-6-7-8-9-10-11-21(26)30-16-17-15-24(23-22-17)19-13-12-18(29-2)14-20(19)25(27)28/h3,12-15H,1,4-11,16H2,2H3. The molecular formula is C21H28N4O5. The molecule has 0 aliphatic rings. The van der Waals surface area contributed by atoms with E-state index in [-0.39, 0.29) is 24.0 Å². The first-order valence-electron chi connectivity index (χ1n) is 10.1. The summed E-state index contributed by atoms with van der Waals surface area (Å²) in [6, 6.07) is 4.44. The smallest absolute Gasteiger partial charge is 0.306 e. The minimum Gasteiger partial charge on any atom is -0.496 e. The van der Waals surface area contributed by atoms with E-state index in [1.54, 1.807) is 6.07 Å². The molecule has 0 saturated carbocycles. The first kappa shape index (κ1) is 23.1. The predicted molar refractivity (Wildman–Crippen MR) is 111 cm³/mol. The van der Waals surface area contributed by atoms with Crippen LogP contribution in [0.1, 0.15) is 57.1 Å². The number of nitro benzene ring substituents is 1. The lowest BCUT2D eigenvalue weighted by Gasteiger charge is -2.04. The molecule has 0 radical (unpaired) electrons. The fourth-order valence-corrected chi connectivity index (χ4v) is 2.94. The number of unbranched alkanes of at least 4 members (excludes halogenated alkanes) is 6. The van der Waals surface area contributed by atoms with Crippen molar-refractivity contribution in [2.75, 3.05) is 7.11 Å². The number of methoxy groups -OCH3 is 1. The molecule has 0 spiro atoms. The Balaban J connectivity index is 1.78. The number of benzene rings is 1. The molecule has 1 heterocycles. The number of rotatable bonds is 14. The number of esters is 1. The molecule has 0 bridgehead atoms. The molecule has 9 nitrogen and oxygen atoms in total. The Bertz CT molecular complexity index is 850. The lowest BCUT2D eigenvalue weighted by molar-refractivity contribution is -0.384. The summed E-state index contributed by atoms with van der Waals surface area (Å²) in [4.78, 5) is 22.7. The van der Waals surface area contributed by atoms with Gasteiger partial charge in [-0.25, -0.2) is 4.68 Å². The van der Waals surface area contributed by atoms with Crippen LogP contribution in [0.5, 0.6) is 5.75 Å². The van der Waals surface area contributed by atoms with Crippen LogP contribution in [0.15, 0.2) is 37.1 Å². The highest BCUT2D eigenvalue weighted by atomic mass is 16.6. The molecule has 0 fully saturated rings. The largest absolute Gasteiger partial charge is 0.496 e. The van der Waals surface area contributed by atoms with E-state index in [9.17, 15) is 14.9 Å². The van der Waals surface area contributed by atoms with Crippen LogP contribution in [0.25, 0.3) is 5.69 Å². The quantitative estimate of drug-likeness (QED) is 0.146. The maximum Gasteiger partial charge on any atom is 0.306 e. The van der Waals surface area contributed by atoms with E-state index in [1.165, 1.54) is 49.4 Å². The number of ether oxygens (including phenoxy) is 2. The van der Waals surface area contributed by atoms with Crippen molar-refractivity contribution >= 4 is 11.7 Å². The van der Waals surface area contributed by atoms with Gasteiger partial charge in [0.05, 0.1) is 24.3 Å². The van der Waals surface area contributed by atoms with Crippen LogP contribution < -0.4 is 4.74 Å². The van der Waals surface area contributed by atoms with E-state index in [0.29, 0.717) is 17.9 Å². The van der Waals surface area contributed by atoms with Gasteiger partial charge in [-0.15, -0.1) is 11.7 Å². The van der Waals surface area contributed by atoms with Crippen molar-refractivity contribution in [2.24, 2.45) is 0 Å².